The van der Waals surface area contributed by atoms with E-state index < -0.39 is 5.97 Å². The Morgan fingerprint density at radius 1 is 1.33 bits per heavy atom. The van der Waals surface area contributed by atoms with Gasteiger partial charge in [0.25, 0.3) is 0 Å². The molecule has 2 aromatic rings. The maximum absolute atomic E-state index is 11.2. The van der Waals surface area contributed by atoms with Crippen LogP contribution in [0, 0.1) is 0 Å². The Kier molecular flexibility index (Phi) is 4.80. The lowest BCUT2D eigenvalue weighted by Gasteiger charge is -2.11. The summed E-state index contributed by atoms with van der Waals surface area (Å²) in [6.07, 6.45) is 1.78. The first kappa shape index (κ1) is 15.7. The molecule has 0 spiro atoms. The molecule has 0 aliphatic rings. The minimum atomic E-state index is -1.02. The van der Waals surface area contributed by atoms with Crippen LogP contribution in [-0.4, -0.2) is 21.0 Å². The van der Waals surface area contributed by atoms with Crippen LogP contribution in [0.3, 0.4) is 0 Å². The van der Waals surface area contributed by atoms with Crippen LogP contribution >= 0.6 is 23.2 Å². The van der Waals surface area contributed by atoms with E-state index in [-0.39, 0.29) is 11.5 Å². The summed E-state index contributed by atoms with van der Waals surface area (Å²) in [6, 6.07) is 5.22. The van der Waals surface area contributed by atoms with Gasteiger partial charge in [-0.05, 0) is 23.6 Å². The zero-order valence-electron chi connectivity index (χ0n) is 11.6. The predicted molar refractivity (Wildman–Crippen MR) is 82.3 cm³/mol. The summed E-state index contributed by atoms with van der Waals surface area (Å²) in [5.74, 6) is -0.485. The zero-order valence-corrected chi connectivity index (χ0v) is 13.1. The lowest BCUT2D eigenvalue weighted by atomic mass is 10.0. The van der Waals surface area contributed by atoms with E-state index in [0.29, 0.717) is 28.0 Å². The summed E-state index contributed by atoms with van der Waals surface area (Å²) in [5, 5.41) is 10.3. The summed E-state index contributed by atoms with van der Waals surface area (Å²) in [6.45, 7) is 3.79. The fourth-order valence-corrected chi connectivity index (χ4v) is 2.43. The largest absolute Gasteiger partial charge is 0.478 e. The van der Waals surface area contributed by atoms with E-state index in [4.69, 9.17) is 28.3 Å². The SMILES string of the molecule is CC(C)c1nc(Cc2ccc(Cl)cc2Cl)ncc1C(=O)O. The average molecular weight is 325 g/mol. The van der Waals surface area contributed by atoms with Crippen LogP contribution in [0.2, 0.25) is 10.0 Å². The van der Waals surface area contributed by atoms with Crippen molar-refractivity contribution >= 4 is 29.2 Å². The van der Waals surface area contributed by atoms with Crippen LogP contribution in [0.1, 0.15) is 47.2 Å². The Morgan fingerprint density at radius 3 is 2.62 bits per heavy atom. The first-order valence-electron chi connectivity index (χ1n) is 6.41. The molecule has 0 amide bonds. The molecular weight excluding hydrogens is 311 g/mol. The number of hydrogen-bond donors (Lipinski definition) is 1. The van der Waals surface area contributed by atoms with Gasteiger partial charge >= 0.3 is 5.97 Å². The third kappa shape index (κ3) is 3.71. The van der Waals surface area contributed by atoms with Crippen molar-refractivity contribution in [3.63, 3.8) is 0 Å². The summed E-state index contributed by atoms with van der Waals surface area (Å²) in [7, 11) is 0. The number of halogens is 2. The van der Waals surface area contributed by atoms with Gasteiger partial charge in [-0.1, -0.05) is 43.1 Å². The van der Waals surface area contributed by atoms with E-state index in [1.54, 1.807) is 12.1 Å². The second-order valence-electron chi connectivity index (χ2n) is 4.96. The van der Waals surface area contributed by atoms with E-state index in [2.05, 4.69) is 9.97 Å². The topological polar surface area (TPSA) is 63.1 Å². The number of hydrogen-bond acceptors (Lipinski definition) is 3. The molecule has 0 unspecified atom stereocenters. The number of carboxylic acids is 1. The van der Waals surface area contributed by atoms with Crippen molar-refractivity contribution in [2.45, 2.75) is 26.2 Å². The fourth-order valence-electron chi connectivity index (χ4n) is 1.96. The highest BCUT2D eigenvalue weighted by molar-refractivity contribution is 6.35. The van der Waals surface area contributed by atoms with E-state index in [1.807, 2.05) is 19.9 Å². The normalized spacial score (nSPS) is 10.9. The summed E-state index contributed by atoms with van der Waals surface area (Å²) < 4.78 is 0. The Hall–Kier alpha value is -1.65. The summed E-state index contributed by atoms with van der Waals surface area (Å²) >= 11 is 12.0. The number of nitrogens with zero attached hydrogens (tertiary/aromatic N) is 2. The molecule has 0 atom stereocenters. The Balaban J connectivity index is 2.37. The van der Waals surface area contributed by atoms with Crippen molar-refractivity contribution in [3.8, 4) is 0 Å². The van der Waals surface area contributed by atoms with Crippen LogP contribution in [0.15, 0.2) is 24.4 Å². The van der Waals surface area contributed by atoms with E-state index in [9.17, 15) is 4.79 Å². The van der Waals surface area contributed by atoms with Gasteiger partial charge in [0, 0.05) is 22.7 Å². The number of carbonyl (C=O) groups is 1. The third-order valence-corrected chi connectivity index (χ3v) is 3.60. The summed E-state index contributed by atoms with van der Waals surface area (Å²) in [5.41, 5.74) is 1.51. The molecule has 21 heavy (non-hydrogen) atoms. The van der Waals surface area contributed by atoms with Crippen molar-refractivity contribution in [3.05, 3.63) is 57.1 Å². The predicted octanol–water partition coefficient (Wildman–Crippen LogP) is 4.20. The molecule has 0 fully saturated rings. The highest BCUT2D eigenvalue weighted by Crippen LogP contribution is 2.23. The Labute approximate surface area is 132 Å². The molecule has 0 aliphatic carbocycles. The maximum Gasteiger partial charge on any atom is 0.339 e. The lowest BCUT2D eigenvalue weighted by Crippen LogP contribution is -2.10. The molecule has 110 valence electrons. The molecule has 0 saturated heterocycles. The molecule has 6 heteroatoms. The molecule has 1 aromatic carbocycles. The van der Waals surface area contributed by atoms with Gasteiger partial charge in [0.1, 0.15) is 5.82 Å². The van der Waals surface area contributed by atoms with Gasteiger partial charge in [-0.2, -0.15) is 0 Å². The van der Waals surface area contributed by atoms with Gasteiger partial charge < -0.3 is 5.11 Å². The van der Waals surface area contributed by atoms with Crippen molar-refractivity contribution in [2.24, 2.45) is 0 Å². The Bertz CT molecular complexity index is 687. The molecular formula is C15H14Cl2N2O2. The first-order valence-corrected chi connectivity index (χ1v) is 7.17. The second-order valence-corrected chi connectivity index (χ2v) is 5.80. The molecule has 0 radical (unpaired) electrons. The van der Waals surface area contributed by atoms with Crippen LogP contribution < -0.4 is 0 Å². The van der Waals surface area contributed by atoms with Crippen LogP contribution in [0.5, 0.6) is 0 Å². The minimum absolute atomic E-state index is 0.00135. The van der Waals surface area contributed by atoms with Gasteiger partial charge in [0.05, 0.1) is 11.3 Å². The van der Waals surface area contributed by atoms with Gasteiger partial charge in [0.15, 0.2) is 0 Å². The maximum atomic E-state index is 11.2. The van der Waals surface area contributed by atoms with Gasteiger partial charge in [0.2, 0.25) is 0 Å². The second kappa shape index (κ2) is 6.41. The van der Waals surface area contributed by atoms with Crippen molar-refractivity contribution in [2.75, 3.05) is 0 Å². The van der Waals surface area contributed by atoms with Gasteiger partial charge in [-0.25, -0.2) is 14.8 Å². The van der Waals surface area contributed by atoms with Crippen LogP contribution in [0.4, 0.5) is 0 Å². The quantitative estimate of drug-likeness (QED) is 0.915. The molecule has 2 rings (SSSR count). The number of benzene rings is 1. The highest BCUT2D eigenvalue weighted by atomic mass is 35.5. The van der Waals surface area contributed by atoms with Crippen molar-refractivity contribution in [1.29, 1.82) is 0 Å². The monoisotopic (exact) mass is 324 g/mol. The molecule has 0 saturated carbocycles. The number of aromatic nitrogens is 2. The number of aromatic carboxylic acids is 1. The van der Waals surface area contributed by atoms with E-state index >= 15 is 0 Å². The Morgan fingerprint density at radius 2 is 2.05 bits per heavy atom. The van der Waals surface area contributed by atoms with Gasteiger partial charge in [-0.3, -0.25) is 0 Å². The molecule has 4 nitrogen and oxygen atoms in total. The van der Waals surface area contributed by atoms with Gasteiger partial charge in [-0.15, -0.1) is 0 Å². The molecule has 0 bridgehead atoms. The lowest BCUT2D eigenvalue weighted by molar-refractivity contribution is 0.0694. The summed E-state index contributed by atoms with van der Waals surface area (Å²) in [4.78, 5) is 19.7. The molecule has 1 aromatic heterocycles. The van der Waals surface area contributed by atoms with E-state index in [0.717, 1.165) is 5.56 Å². The first-order chi connectivity index (χ1) is 9.88. The zero-order chi connectivity index (χ0) is 15.6. The third-order valence-electron chi connectivity index (χ3n) is 3.01. The standard InChI is InChI=1S/C15H14Cl2N2O2/c1-8(2)14-11(15(20)21)7-18-13(19-14)5-9-3-4-10(16)6-12(9)17/h3-4,6-8H,5H2,1-2H3,(H,20,21). The smallest absolute Gasteiger partial charge is 0.339 e. The minimum Gasteiger partial charge on any atom is -0.478 e. The van der Waals surface area contributed by atoms with Crippen LogP contribution in [-0.2, 0) is 6.42 Å². The molecule has 0 aliphatic heterocycles. The fraction of sp³-hybridized carbons (Fsp3) is 0.267. The van der Waals surface area contributed by atoms with E-state index in [1.165, 1.54) is 6.20 Å². The van der Waals surface area contributed by atoms with Crippen molar-refractivity contribution < 1.29 is 9.90 Å². The molecule has 1 N–H and O–H groups in total. The van der Waals surface area contributed by atoms with Crippen molar-refractivity contribution in [1.82, 2.24) is 9.97 Å². The van der Waals surface area contributed by atoms with Crippen LogP contribution in [0.25, 0.3) is 0 Å². The number of carboxylic acid groups (broad SMARTS) is 1. The average Bonchev–Trinajstić information content (AvgIpc) is 2.41. The highest BCUT2D eigenvalue weighted by Gasteiger charge is 2.16. The molecule has 1 heterocycles. The number of rotatable bonds is 4.